The van der Waals surface area contributed by atoms with Gasteiger partial charge in [-0.3, -0.25) is 0 Å². The molecule has 0 amide bonds. The molecule has 0 nitrogen and oxygen atoms in total. The van der Waals surface area contributed by atoms with E-state index < -0.39 is 18.3 Å². The molecular weight excluding hydrogens is 595 g/mol. The topological polar surface area (TPSA) is 0 Å². The van der Waals surface area contributed by atoms with Gasteiger partial charge in [0.15, 0.2) is 0 Å². The number of fused-ring (bicyclic) bond motifs is 3. The first-order valence-electron chi connectivity index (χ1n) is 14.2. The first kappa shape index (κ1) is 32.0. The number of allylic oxidation sites excluding steroid dienone is 4. The number of rotatable bonds is 6. The third kappa shape index (κ3) is 5.30. The van der Waals surface area contributed by atoms with E-state index >= 15 is 0 Å². The zero-order valence-electron chi connectivity index (χ0n) is 24.9. The molecule has 1 atom stereocenters. The van der Waals surface area contributed by atoms with Crippen LogP contribution in [-0.4, -0.2) is 4.21 Å². The van der Waals surface area contributed by atoms with Crippen LogP contribution in [0.5, 0.6) is 0 Å². The Morgan fingerprint density at radius 1 is 0.923 bits per heavy atom. The second-order valence-corrected chi connectivity index (χ2v) is 27.2. The van der Waals surface area contributed by atoms with Gasteiger partial charge in [0.2, 0.25) is 0 Å². The Labute approximate surface area is 250 Å². The van der Waals surface area contributed by atoms with E-state index in [1.165, 1.54) is 55.9 Å². The number of halogens is 2. The van der Waals surface area contributed by atoms with Gasteiger partial charge >= 0.3 is 227 Å². The van der Waals surface area contributed by atoms with Gasteiger partial charge in [-0.15, -0.1) is 24.8 Å². The Morgan fingerprint density at radius 3 is 2.23 bits per heavy atom. The van der Waals surface area contributed by atoms with Gasteiger partial charge in [-0.25, -0.2) is 0 Å². The molecular formula is C36H46Cl2Zr. The SMILES string of the molecule is Cl.Cl.[CH2]=[Zr]([CH3])([C]1=CC(C(C)(C)C)=CC1CCCC)([c]1ccccc1)[c]1c(C)ccc2c1Cc1cc(C)ccc1-2. The molecule has 2 aliphatic carbocycles. The molecule has 3 heteroatoms. The Kier molecular flexibility index (Phi) is 9.35. The standard InChI is InChI=1S/C15H13.C13H21.C6H5.CH3.CH2.2ClH.Zr/c1-10-3-5-14-12(7-10)9-13-8-11(2)4-6-15(13)14;1-5-6-7-11-8-9-12(10-11)13(2,3)4;1-2-4-6-5-3-1;;;;;/h3-7H,9H2,1-2H3;9-11H,5-7H2,1-4H3;1-5H;1H3;1H2;2*1H;. The van der Waals surface area contributed by atoms with E-state index in [0.29, 0.717) is 5.92 Å². The van der Waals surface area contributed by atoms with E-state index in [4.69, 9.17) is 4.21 Å². The Bertz CT molecular complexity index is 1500. The van der Waals surface area contributed by atoms with Crippen LogP contribution in [0.25, 0.3) is 11.1 Å². The van der Waals surface area contributed by atoms with E-state index in [9.17, 15) is 0 Å². The van der Waals surface area contributed by atoms with Crippen molar-refractivity contribution in [3.8, 4) is 11.1 Å². The van der Waals surface area contributed by atoms with Crippen LogP contribution in [-0.2, 0) is 24.7 Å². The predicted molar refractivity (Wildman–Crippen MR) is 176 cm³/mol. The second kappa shape index (κ2) is 11.4. The van der Waals surface area contributed by atoms with E-state index in [-0.39, 0.29) is 30.2 Å². The molecule has 208 valence electrons. The zero-order chi connectivity index (χ0) is 26.6. The molecule has 3 aromatic rings. The van der Waals surface area contributed by atoms with Crippen LogP contribution in [0.1, 0.15) is 69.2 Å². The van der Waals surface area contributed by atoms with Crippen molar-refractivity contribution in [1.82, 2.24) is 0 Å². The number of benzene rings is 3. The number of hydrogen-bond donors (Lipinski definition) is 0. The van der Waals surface area contributed by atoms with Gasteiger partial charge in [0, 0.05) is 0 Å². The average molecular weight is 641 g/mol. The van der Waals surface area contributed by atoms with Crippen molar-refractivity contribution in [2.75, 3.05) is 0 Å². The van der Waals surface area contributed by atoms with Crippen LogP contribution in [0.4, 0.5) is 0 Å². The van der Waals surface area contributed by atoms with Gasteiger partial charge in [-0.2, -0.15) is 0 Å². The molecule has 0 saturated heterocycles. The van der Waals surface area contributed by atoms with Crippen LogP contribution >= 0.6 is 24.8 Å². The van der Waals surface area contributed by atoms with Crippen molar-refractivity contribution in [2.45, 2.75) is 71.9 Å². The zero-order valence-corrected chi connectivity index (χ0v) is 28.9. The predicted octanol–water partition coefficient (Wildman–Crippen LogP) is 9.52. The summed E-state index contributed by atoms with van der Waals surface area (Å²) >= 11 is -4.28. The average Bonchev–Trinajstić information content (AvgIpc) is 3.45. The van der Waals surface area contributed by atoms with Crippen molar-refractivity contribution in [3.05, 3.63) is 104 Å². The van der Waals surface area contributed by atoms with Crippen molar-refractivity contribution < 1.29 is 18.3 Å². The van der Waals surface area contributed by atoms with E-state index in [2.05, 4.69) is 119 Å². The van der Waals surface area contributed by atoms with Crippen LogP contribution in [0.15, 0.2) is 81.7 Å². The Hall–Kier alpha value is -1.53. The molecule has 0 bridgehead atoms. The van der Waals surface area contributed by atoms with Crippen LogP contribution < -0.4 is 6.54 Å². The van der Waals surface area contributed by atoms with Gasteiger partial charge in [-0.1, -0.05) is 0 Å². The van der Waals surface area contributed by atoms with Gasteiger partial charge < -0.3 is 0 Å². The number of aryl methyl sites for hydroxylation is 2. The molecule has 3 aromatic carbocycles. The summed E-state index contributed by atoms with van der Waals surface area (Å²) in [4.78, 5) is 0. The fourth-order valence-corrected chi connectivity index (χ4v) is 21.9. The van der Waals surface area contributed by atoms with Crippen LogP contribution in [0.2, 0.25) is 4.63 Å². The summed E-state index contributed by atoms with van der Waals surface area (Å²) in [7, 11) is 0. The van der Waals surface area contributed by atoms with Gasteiger partial charge in [0.1, 0.15) is 0 Å². The Balaban J connectivity index is 0.00000210. The maximum absolute atomic E-state index is 5.53. The van der Waals surface area contributed by atoms with Crippen LogP contribution in [0.3, 0.4) is 0 Å². The molecule has 0 heterocycles. The fourth-order valence-electron chi connectivity index (χ4n) is 7.27. The minimum atomic E-state index is -4.28. The molecule has 1 unspecified atom stereocenters. The molecule has 0 saturated carbocycles. The molecule has 2 aliphatic rings. The number of hydrogen-bond acceptors (Lipinski definition) is 0. The van der Waals surface area contributed by atoms with Crippen molar-refractivity contribution in [1.29, 1.82) is 0 Å². The fraction of sp³-hybridized carbons (Fsp3) is 0.361. The number of unbranched alkanes of at least 4 members (excludes halogenated alkanes) is 1. The van der Waals surface area contributed by atoms with E-state index in [0.717, 1.165) is 6.42 Å². The third-order valence-electron chi connectivity index (χ3n) is 9.28. The second-order valence-electron chi connectivity index (χ2n) is 13.2. The summed E-state index contributed by atoms with van der Waals surface area (Å²) in [6.45, 7) is 14.0. The summed E-state index contributed by atoms with van der Waals surface area (Å²) in [5.41, 5.74) is 10.3. The summed E-state index contributed by atoms with van der Waals surface area (Å²) in [5, 5.41) is 0. The molecule has 0 aliphatic heterocycles. The van der Waals surface area contributed by atoms with Gasteiger partial charge in [-0.05, 0) is 0 Å². The molecule has 5 rings (SSSR count). The third-order valence-corrected chi connectivity index (χ3v) is 24.1. The van der Waals surface area contributed by atoms with Crippen molar-refractivity contribution in [3.63, 3.8) is 0 Å². The van der Waals surface area contributed by atoms with Gasteiger partial charge in [0.25, 0.3) is 0 Å². The Morgan fingerprint density at radius 2 is 1.59 bits per heavy atom. The quantitative estimate of drug-likeness (QED) is 0.197. The normalized spacial score (nSPS) is 16.5. The molecule has 0 fully saturated rings. The van der Waals surface area contributed by atoms with Crippen molar-refractivity contribution >= 4 is 35.6 Å². The first-order chi connectivity index (χ1) is 17.4. The molecule has 0 N–H and O–H groups in total. The van der Waals surface area contributed by atoms with Crippen molar-refractivity contribution in [2.24, 2.45) is 11.3 Å². The maximum atomic E-state index is 5.53. The van der Waals surface area contributed by atoms with Gasteiger partial charge in [0.05, 0.1) is 0 Å². The summed E-state index contributed by atoms with van der Waals surface area (Å²) < 4.78 is 12.9. The monoisotopic (exact) mass is 638 g/mol. The summed E-state index contributed by atoms with van der Waals surface area (Å²) in [5.74, 6) is 0.476. The minimum absolute atomic E-state index is 0. The summed E-state index contributed by atoms with van der Waals surface area (Å²) in [6.07, 6.45) is 9.97. The molecule has 0 radical (unpaired) electrons. The summed E-state index contributed by atoms with van der Waals surface area (Å²) in [6, 6.07) is 23.2. The first-order valence-corrected chi connectivity index (χ1v) is 22.1. The van der Waals surface area contributed by atoms with Crippen LogP contribution in [0, 0.1) is 25.2 Å². The molecule has 0 spiro atoms. The van der Waals surface area contributed by atoms with E-state index in [1.807, 2.05) is 0 Å². The molecule has 0 aromatic heterocycles. The molecule has 39 heavy (non-hydrogen) atoms. The van der Waals surface area contributed by atoms with E-state index in [1.54, 1.807) is 12.1 Å².